The molecule has 1 aromatic rings. The van der Waals surface area contributed by atoms with Gasteiger partial charge in [0.25, 0.3) is 0 Å². The highest BCUT2D eigenvalue weighted by Gasteiger charge is 2.40. The van der Waals surface area contributed by atoms with Crippen LogP contribution in [-0.2, 0) is 10.0 Å². The number of hydrogen-bond donors (Lipinski definition) is 1. The van der Waals surface area contributed by atoms with E-state index in [1.807, 2.05) is 20.8 Å². The van der Waals surface area contributed by atoms with Gasteiger partial charge >= 0.3 is 0 Å². The standard InChI is InChI=1S/C15H25FN2O2S/c1-4-10-18(15(5-2,6-3)12-17)21(19,20)14-9-7-8-13(16)11-14/h7-9,11H,4-6,10,12,17H2,1-3H3. The van der Waals surface area contributed by atoms with Crippen LogP contribution in [-0.4, -0.2) is 31.4 Å². The van der Waals surface area contributed by atoms with Crippen LogP contribution < -0.4 is 5.73 Å². The van der Waals surface area contributed by atoms with E-state index in [1.54, 1.807) is 0 Å². The minimum Gasteiger partial charge on any atom is -0.329 e. The second-order valence-electron chi connectivity index (χ2n) is 5.17. The molecule has 4 nitrogen and oxygen atoms in total. The third-order valence-electron chi connectivity index (χ3n) is 4.04. The number of benzene rings is 1. The van der Waals surface area contributed by atoms with Crippen LogP contribution in [0.4, 0.5) is 4.39 Å². The van der Waals surface area contributed by atoms with Crippen molar-refractivity contribution in [3.8, 4) is 0 Å². The fraction of sp³-hybridized carbons (Fsp3) is 0.600. The van der Waals surface area contributed by atoms with Crippen molar-refractivity contribution >= 4 is 10.0 Å². The van der Waals surface area contributed by atoms with Gasteiger partial charge in [-0.25, -0.2) is 12.8 Å². The normalized spacial score (nSPS) is 12.9. The number of nitrogens with zero attached hydrogens (tertiary/aromatic N) is 1. The number of halogens is 1. The predicted molar refractivity (Wildman–Crippen MR) is 83.0 cm³/mol. The number of hydrogen-bond acceptors (Lipinski definition) is 3. The van der Waals surface area contributed by atoms with Gasteiger partial charge in [-0.15, -0.1) is 0 Å². The Bertz CT molecular complexity index is 548. The van der Waals surface area contributed by atoms with Crippen LogP contribution in [0.5, 0.6) is 0 Å². The zero-order chi connectivity index (χ0) is 16.1. The van der Waals surface area contributed by atoms with Crippen LogP contribution in [0.1, 0.15) is 40.0 Å². The van der Waals surface area contributed by atoms with Crippen LogP contribution in [0.3, 0.4) is 0 Å². The fourth-order valence-electron chi connectivity index (χ4n) is 2.56. The van der Waals surface area contributed by atoms with E-state index in [0.717, 1.165) is 6.07 Å². The van der Waals surface area contributed by atoms with Crippen molar-refractivity contribution in [1.29, 1.82) is 0 Å². The summed E-state index contributed by atoms with van der Waals surface area (Å²) in [6.45, 7) is 6.40. The van der Waals surface area contributed by atoms with Crippen LogP contribution in [0.2, 0.25) is 0 Å². The van der Waals surface area contributed by atoms with E-state index in [2.05, 4.69) is 0 Å². The van der Waals surface area contributed by atoms with Crippen molar-refractivity contribution < 1.29 is 12.8 Å². The third kappa shape index (κ3) is 3.62. The van der Waals surface area contributed by atoms with Crippen LogP contribution in [0.25, 0.3) is 0 Å². The molecule has 1 aromatic carbocycles. The molecule has 120 valence electrons. The summed E-state index contributed by atoms with van der Waals surface area (Å²) in [6, 6.07) is 5.13. The Hall–Kier alpha value is -0.980. The topological polar surface area (TPSA) is 63.4 Å². The van der Waals surface area contributed by atoms with Gasteiger partial charge in [-0.1, -0.05) is 26.8 Å². The van der Waals surface area contributed by atoms with Crippen LogP contribution in [0, 0.1) is 5.82 Å². The predicted octanol–water partition coefficient (Wildman–Crippen LogP) is 2.74. The second kappa shape index (κ2) is 7.33. The molecule has 0 amide bonds. The zero-order valence-corrected chi connectivity index (χ0v) is 13.8. The molecule has 6 heteroatoms. The Morgan fingerprint density at radius 1 is 1.24 bits per heavy atom. The lowest BCUT2D eigenvalue weighted by Gasteiger charge is -2.41. The molecule has 0 aliphatic heterocycles. The van der Waals surface area contributed by atoms with E-state index in [1.165, 1.54) is 22.5 Å². The number of nitrogens with two attached hydrogens (primary N) is 1. The Morgan fingerprint density at radius 2 is 1.86 bits per heavy atom. The van der Waals surface area contributed by atoms with Crippen molar-refractivity contribution in [3.63, 3.8) is 0 Å². The van der Waals surface area contributed by atoms with Crippen LogP contribution >= 0.6 is 0 Å². The molecule has 0 spiro atoms. The molecule has 0 heterocycles. The highest BCUT2D eigenvalue weighted by atomic mass is 32.2. The van der Waals surface area contributed by atoms with Crippen LogP contribution in [0.15, 0.2) is 29.2 Å². The molecule has 0 aliphatic carbocycles. The van der Waals surface area contributed by atoms with E-state index in [4.69, 9.17) is 5.73 Å². The Morgan fingerprint density at radius 3 is 2.29 bits per heavy atom. The first-order valence-corrected chi connectivity index (χ1v) is 8.80. The summed E-state index contributed by atoms with van der Waals surface area (Å²) >= 11 is 0. The molecule has 0 fully saturated rings. The van der Waals surface area contributed by atoms with Gasteiger partial charge in [0, 0.05) is 18.6 Å². The van der Waals surface area contributed by atoms with Crippen molar-refractivity contribution in [2.45, 2.75) is 50.5 Å². The molecule has 21 heavy (non-hydrogen) atoms. The lowest BCUT2D eigenvalue weighted by molar-refractivity contribution is 0.177. The molecule has 0 aliphatic rings. The minimum absolute atomic E-state index is 0.0179. The third-order valence-corrected chi connectivity index (χ3v) is 6.04. The van der Waals surface area contributed by atoms with Gasteiger partial charge in [-0.05, 0) is 37.5 Å². The number of rotatable bonds is 8. The Kier molecular flexibility index (Phi) is 6.31. The first kappa shape index (κ1) is 18.1. The van der Waals surface area contributed by atoms with Gasteiger partial charge in [0.1, 0.15) is 5.82 Å². The molecule has 0 atom stereocenters. The monoisotopic (exact) mass is 316 g/mol. The first-order valence-electron chi connectivity index (χ1n) is 7.36. The molecular formula is C15H25FN2O2S. The van der Waals surface area contributed by atoms with E-state index in [0.29, 0.717) is 25.8 Å². The summed E-state index contributed by atoms with van der Waals surface area (Å²) in [5.41, 5.74) is 5.26. The summed E-state index contributed by atoms with van der Waals surface area (Å²) in [5, 5.41) is 0. The van der Waals surface area contributed by atoms with Crippen molar-refractivity contribution in [1.82, 2.24) is 4.31 Å². The summed E-state index contributed by atoms with van der Waals surface area (Å²) in [5.74, 6) is -0.557. The fourth-order valence-corrected chi connectivity index (χ4v) is 4.60. The molecule has 0 bridgehead atoms. The quantitative estimate of drug-likeness (QED) is 0.802. The molecule has 0 unspecified atom stereocenters. The average molecular weight is 316 g/mol. The van der Waals surface area contributed by atoms with Gasteiger partial charge in [0.15, 0.2) is 0 Å². The number of sulfonamides is 1. The Labute approximate surface area is 127 Å². The molecule has 0 aromatic heterocycles. The maximum Gasteiger partial charge on any atom is 0.243 e. The van der Waals surface area contributed by atoms with E-state index in [9.17, 15) is 12.8 Å². The van der Waals surface area contributed by atoms with Gasteiger partial charge in [-0.2, -0.15) is 4.31 Å². The highest BCUT2D eigenvalue weighted by molar-refractivity contribution is 7.89. The lowest BCUT2D eigenvalue weighted by Crippen LogP contribution is -2.55. The summed E-state index contributed by atoms with van der Waals surface area (Å²) < 4.78 is 40.6. The largest absolute Gasteiger partial charge is 0.329 e. The van der Waals surface area contributed by atoms with Gasteiger partial charge < -0.3 is 5.73 Å². The van der Waals surface area contributed by atoms with E-state index < -0.39 is 21.4 Å². The minimum atomic E-state index is -3.77. The SMILES string of the molecule is CCCN(C(CC)(CC)CN)S(=O)(=O)c1cccc(F)c1. The molecule has 0 saturated heterocycles. The van der Waals surface area contributed by atoms with Crippen molar-refractivity contribution in [2.24, 2.45) is 5.73 Å². The van der Waals surface area contributed by atoms with E-state index in [-0.39, 0.29) is 11.4 Å². The molecule has 1 rings (SSSR count). The van der Waals surface area contributed by atoms with Crippen molar-refractivity contribution in [3.05, 3.63) is 30.1 Å². The highest BCUT2D eigenvalue weighted by Crippen LogP contribution is 2.30. The lowest BCUT2D eigenvalue weighted by atomic mass is 9.93. The van der Waals surface area contributed by atoms with Gasteiger partial charge in [0.05, 0.1) is 4.90 Å². The molecule has 0 saturated carbocycles. The van der Waals surface area contributed by atoms with Gasteiger partial charge in [0.2, 0.25) is 10.0 Å². The molecular weight excluding hydrogens is 291 g/mol. The molecule has 0 radical (unpaired) electrons. The zero-order valence-electron chi connectivity index (χ0n) is 13.0. The summed E-state index contributed by atoms with van der Waals surface area (Å²) in [4.78, 5) is -0.0179. The van der Waals surface area contributed by atoms with Crippen molar-refractivity contribution in [2.75, 3.05) is 13.1 Å². The molecule has 2 N–H and O–H groups in total. The van der Waals surface area contributed by atoms with E-state index >= 15 is 0 Å². The maximum atomic E-state index is 13.4. The Balaban J connectivity index is 3.39. The smallest absolute Gasteiger partial charge is 0.243 e. The first-order chi connectivity index (χ1) is 9.87. The summed E-state index contributed by atoms with van der Waals surface area (Å²) in [7, 11) is -3.77. The summed E-state index contributed by atoms with van der Waals surface area (Å²) in [6.07, 6.45) is 1.92. The van der Waals surface area contributed by atoms with Gasteiger partial charge in [-0.3, -0.25) is 0 Å². The second-order valence-corrected chi connectivity index (χ2v) is 7.03. The maximum absolute atomic E-state index is 13.4. The average Bonchev–Trinajstić information content (AvgIpc) is 2.48.